The second-order valence-corrected chi connectivity index (χ2v) is 3.57. The first-order valence-corrected chi connectivity index (χ1v) is 5.15. The van der Waals surface area contributed by atoms with Crippen LogP contribution in [0.4, 0.5) is 10.3 Å². The number of carbonyl (C=O) groups excluding carboxylic acids is 1. The molecule has 0 radical (unpaired) electrons. The van der Waals surface area contributed by atoms with E-state index in [9.17, 15) is 19.3 Å². The van der Waals surface area contributed by atoms with Crippen molar-refractivity contribution in [1.29, 1.82) is 0 Å². The van der Waals surface area contributed by atoms with Crippen molar-refractivity contribution in [3.8, 4) is 5.75 Å². The normalized spacial score (nSPS) is 10.2. The Balaban J connectivity index is 2.35. The fourth-order valence-corrected chi connectivity index (χ4v) is 1.49. The summed E-state index contributed by atoms with van der Waals surface area (Å²) in [6.45, 7) is 0. The van der Waals surface area contributed by atoms with E-state index in [1.54, 1.807) is 0 Å². The number of methoxy groups -OCH3 is 1. The van der Waals surface area contributed by atoms with Gasteiger partial charge in [0.2, 0.25) is 5.78 Å². The van der Waals surface area contributed by atoms with Gasteiger partial charge in [0, 0.05) is 6.07 Å². The zero-order chi connectivity index (χ0) is 14.0. The van der Waals surface area contributed by atoms with E-state index < -0.39 is 22.4 Å². The van der Waals surface area contributed by atoms with Crippen LogP contribution in [0.3, 0.4) is 0 Å². The van der Waals surface area contributed by atoms with Crippen LogP contribution >= 0.6 is 0 Å². The summed E-state index contributed by atoms with van der Waals surface area (Å²) < 4.78 is 23.2. The minimum Gasteiger partial charge on any atom is -0.497 e. The van der Waals surface area contributed by atoms with Crippen LogP contribution in [0, 0.1) is 15.9 Å². The van der Waals surface area contributed by atoms with Gasteiger partial charge in [0.15, 0.2) is 5.76 Å². The second kappa shape index (κ2) is 4.89. The Kier molecular flexibility index (Phi) is 3.28. The summed E-state index contributed by atoms with van der Waals surface area (Å²) in [5.74, 6) is -2.16. The minimum atomic E-state index is -0.789. The maximum absolute atomic E-state index is 13.7. The molecule has 0 N–H and O–H groups in total. The van der Waals surface area contributed by atoms with Crippen LogP contribution in [0.2, 0.25) is 0 Å². The molecule has 0 aliphatic heterocycles. The summed E-state index contributed by atoms with van der Waals surface area (Å²) in [5, 5.41) is 10.4. The smallest absolute Gasteiger partial charge is 0.433 e. The number of carbonyl (C=O) groups is 1. The van der Waals surface area contributed by atoms with Crippen LogP contribution in [-0.2, 0) is 0 Å². The van der Waals surface area contributed by atoms with Crippen molar-refractivity contribution in [2.45, 2.75) is 0 Å². The van der Waals surface area contributed by atoms with Crippen LogP contribution in [0.25, 0.3) is 0 Å². The number of rotatable bonds is 4. The van der Waals surface area contributed by atoms with E-state index in [1.165, 1.54) is 19.2 Å². The van der Waals surface area contributed by atoms with Crippen LogP contribution in [0.1, 0.15) is 16.1 Å². The van der Waals surface area contributed by atoms with E-state index in [0.29, 0.717) is 0 Å². The quantitative estimate of drug-likeness (QED) is 0.482. The average Bonchev–Trinajstić information content (AvgIpc) is 2.87. The van der Waals surface area contributed by atoms with Gasteiger partial charge in [-0.3, -0.25) is 14.9 Å². The zero-order valence-corrected chi connectivity index (χ0v) is 9.75. The highest BCUT2D eigenvalue weighted by molar-refractivity contribution is 6.07. The van der Waals surface area contributed by atoms with Crippen molar-refractivity contribution in [2.75, 3.05) is 7.11 Å². The largest absolute Gasteiger partial charge is 0.497 e. The first-order chi connectivity index (χ1) is 9.02. The lowest BCUT2D eigenvalue weighted by atomic mass is 10.1. The highest BCUT2D eigenvalue weighted by Crippen LogP contribution is 2.22. The first-order valence-electron chi connectivity index (χ1n) is 5.15. The summed E-state index contributed by atoms with van der Waals surface area (Å²) in [6, 6.07) is 5.85. The molecule has 0 saturated carbocycles. The van der Waals surface area contributed by atoms with Gasteiger partial charge >= 0.3 is 5.88 Å². The number of ketones is 1. The van der Waals surface area contributed by atoms with Crippen LogP contribution in [0.15, 0.2) is 34.7 Å². The van der Waals surface area contributed by atoms with Gasteiger partial charge < -0.3 is 9.15 Å². The van der Waals surface area contributed by atoms with Crippen molar-refractivity contribution < 1.29 is 23.3 Å². The summed E-state index contributed by atoms with van der Waals surface area (Å²) in [4.78, 5) is 21.6. The standard InChI is InChI=1S/C12H8FNO5/c1-18-7-2-3-8(9(13)6-7)12(15)10-4-5-11(19-10)14(16)17/h2-6H,1H3. The molecule has 0 saturated heterocycles. The van der Waals surface area contributed by atoms with Gasteiger partial charge in [-0.1, -0.05) is 0 Å². The highest BCUT2D eigenvalue weighted by Gasteiger charge is 2.21. The van der Waals surface area contributed by atoms with E-state index in [-0.39, 0.29) is 17.1 Å². The van der Waals surface area contributed by atoms with Gasteiger partial charge in [0.25, 0.3) is 0 Å². The van der Waals surface area contributed by atoms with Crippen molar-refractivity contribution in [3.05, 3.63) is 57.6 Å². The molecular formula is C12H8FNO5. The Hall–Kier alpha value is -2.70. The number of hydrogen-bond acceptors (Lipinski definition) is 5. The van der Waals surface area contributed by atoms with Gasteiger partial charge in [-0.15, -0.1) is 0 Å². The Morgan fingerprint density at radius 2 is 2.11 bits per heavy atom. The number of nitro groups is 1. The molecule has 6 nitrogen and oxygen atoms in total. The molecule has 0 bridgehead atoms. The second-order valence-electron chi connectivity index (χ2n) is 3.57. The predicted octanol–water partition coefficient (Wildman–Crippen LogP) is 2.57. The Bertz CT molecular complexity index is 649. The van der Waals surface area contributed by atoms with E-state index in [1.807, 2.05) is 0 Å². The monoisotopic (exact) mass is 265 g/mol. The van der Waals surface area contributed by atoms with Crippen LogP contribution < -0.4 is 4.74 Å². The molecule has 2 rings (SSSR count). The summed E-state index contributed by atoms with van der Waals surface area (Å²) in [5.41, 5.74) is -0.245. The highest BCUT2D eigenvalue weighted by atomic mass is 19.1. The van der Waals surface area contributed by atoms with E-state index in [4.69, 9.17) is 9.15 Å². The molecule has 1 aromatic carbocycles. The molecule has 2 aromatic rings. The fraction of sp³-hybridized carbons (Fsp3) is 0.0833. The topological polar surface area (TPSA) is 82.6 Å². The maximum atomic E-state index is 13.7. The molecule has 0 unspecified atom stereocenters. The van der Waals surface area contributed by atoms with Gasteiger partial charge in [0.05, 0.1) is 18.7 Å². The molecule has 1 aromatic heterocycles. The van der Waals surface area contributed by atoms with Gasteiger partial charge in [0.1, 0.15) is 16.5 Å². The van der Waals surface area contributed by atoms with Gasteiger partial charge in [-0.05, 0) is 18.2 Å². The lowest BCUT2D eigenvalue weighted by molar-refractivity contribution is -0.402. The molecule has 98 valence electrons. The van der Waals surface area contributed by atoms with E-state index in [0.717, 1.165) is 18.2 Å². The lowest BCUT2D eigenvalue weighted by Crippen LogP contribution is -2.03. The Labute approximate surface area is 106 Å². The third kappa shape index (κ3) is 2.44. The number of ether oxygens (including phenoxy) is 1. The minimum absolute atomic E-state index is 0.245. The third-order valence-electron chi connectivity index (χ3n) is 2.42. The average molecular weight is 265 g/mol. The summed E-state index contributed by atoms with van der Waals surface area (Å²) in [6.07, 6.45) is 0. The predicted molar refractivity (Wildman–Crippen MR) is 61.7 cm³/mol. The van der Waals surface area contributed by atoms with Crippen molar-refractivity contribution in [2.24, 2.45) is 0 Å². The zero-order valence-electron chi connectivity index (χ0n) is 9.75. The molecule has 0 amide bonds. The summed E-state index contributed by atoms with van der Waals surface area (Å²) in [7, 11) is 1.37. The lowest BCUT2D eigenvalue weighted by Gasteiger charge is -2.03. The Morgan fingerprint density at radius 3 is 2.63 bits per heavy atom. The Morgan fingerprint density at radius 1 is 1.37 bits per heavy atom. The SMILES string of the molecule is COc1ccc(C(=O)c2ccc([N+](=O)[O-])o2)c(F)c1. The van der Waals surface area contributed by atoms with E-state index in [2.05, 4.69) is 0 Å². The number of hydrogen-bond donors (Lipinski definition) is 0. The number of nitrogens with zero attached hydrogens (tertiary/aromatic N) is 1. The maximum Gasteiger partial charge on any atom is 0.433 e. The molecule has 0 aliphatic carbocycles. The molecule has 0 fully saturated rings. The molecule has 0 atom stereocenters. The van der Waals surface area contributed by atoms with Crippen LogP contribution in [0.5, 0.6) is 5.75 Å². The van der Waals surface area contributed by atoms with Gasteiger partial charge in [-0.25, -0.2) is 4.39 Å². The number of benzene rings is 1. The number of furan rings is 1. The molecule has 1 heterocycles. The van der Waals surface area contributed by atoms with Crippen LogP contribution in [-0.4, -0.2) is 17.8 Å². The van der Waals surface area contributed by atoms with Crippen molar-refractivity contribution in [1.82, 2.24) is 0 Å². The van der Waals surface area contributed by atoms with E-state index >= 15 is 0 Å². The molecule has 19 heavy (non-hydrogen) atoms. The van der Waals surface area contributed by atoms with Gasteiger partial charge in [-0.2, -0.15) is 0 Å². The van der Waals surface area contributed by atoms with Crippen molar-refractivity contribution >= 4 is 11.7 Å². The summed E-state index contributed by atoms with van der Waals surface area (Å²) >= 11 is 0. The first kappa shape index (κ1) is 12.7. The molecule has 0 spiro atoms. The molecular weight excluding hydrogens is 257 g/mol. The molecule has 0 aliphatic rings. The fourth-order valence-electron chi connectivity index (χ4n) is 1.49. The third-order valence-corrected chi connectivity index (χ3v) is 2.42. The van der Waals surface area contributed by atoms with Crippen molar-refractivity contribution in [3.63, 3.8) is 0 Å². The number of halogens is 1. The molecule has 7 heteroatoms.